The smallest absolute Gasteiger partial charge is 0.333 e. The fourth-order valence-corrected chi connectivity index (χ4v) is 0.853. The number of thioether (sulfide) groups is 1. The molecule has 2 nitrogen and oxygen atoms in total. The van der Waals surface area contributed by atoms with Gasteiger partial charge in [0.2, 0.25) is 0 Å². The Balaban J connectivity index is 2.11. The van der Waals surface area contributed by atoms with Gasteiger partial charge in [-0.05, 0) is 6.92 Å². The molecule has 0 bridgehead atoms. The minimum Gasteiger partial charge on any atom is -0.461 e. The van der Waals surface area contributed by atoms with Crippen molar-refractivity contribution >= 4 is 17.7 Å². The van der Waals surface area contributed by atoms with Gasteiger partial charge in [-0.3, -0.25) is 0 Å². The van der Waals surface area contributed by atoms with Crippen molar-refractivity contribution in [3.63, 3.8) is 0 Å². The third kappa shape index (κ3) is 2.43. The zero-order chi connectivity index (χ0) is 7.56. The monoisotopic (exact) mass is 158 g/mol. The maximum Gasteiger partial charge on any atom is 0.333 e. The minimum absolute atomic E-state index is 0.271. The molecular weight excluding hydrogens is 148 g/mol. The fourth-order valence-electron chi connectivity index (χ4n) is 0.456. The number of carbonyl (C=O) groups is 1. The third-order valence-corrected chi connectivity index (χ3v) is 2.09. The van der Waals surface area contributed by atoms with Crippen LogP contribution in [0.2, 0.25) is 0 Å². The first-order valence-corrected chi connectivity index (χ1v) is 4.19. The van der Waals surface area contributed by atoms with Crippen LogP contribution in [0.15, 0.2) is 12.2 Å². The topological polar surface area (TPSA) is 26.3 Å². The SMILES string of the molecule is C=C(C)C(=O)OCC1CS1. The number of carbonyl (C=O) groups excluding carboxylic acids is 1. The van der Waals surface area contributed by atoms with Gasteiger partial charge in [0.15, 0.2) is 0 Å². The maximum atomic E-state index is 10.7. The summed E-state index contributed by atoms with van der Waals surface area (Å²) >= 11 is 1.82. The average Bonchev–Trinajstić information content (AvgIpc) is 2.64. The van der Waals surface area contributed by atoms with E-state index in [4.69, 9.17) is 4.74 Å². The van der Waals surface area contributed by atoms with Crippen LogP contribution in [0.3, 0.4) is 0 Å². The van der Waals surface area contributed by atoms with E-state index >= 15 is 0 Å². The molecule has 1 aliphatic rings. The fraction of sp³-hybridized carbons (Fsp3) is 0.571. The van der Waals surface area contributed by atoms with Gasteiger partial charge in [-0.25, -0.2) is 4.79 Å². The highest BCUT2D eigenvalue weighted by Gasteiger charge is 2.23. The van der Waals surface area contributed by atoms with Crippen LogP contribution in [0.25, 0.3) is 0 Å². The van der Waals surface area contributed by atoms with Crippen LogP contribution >= 0.6 is 11.8 Å². The molecule has 0 aromatic rings. The molecule has 3 heteroatoms. The van der Waals surface area contributed by atoms with Crippen LogP contribution in [0, 0.1) is 0 Å². The van der Waals surface area contributed by atoms with Gasteiger partial charge >= 0.3 is 5.97 Å². The van der Waals surface area contributed by atoms with Gasteiger partial charge < -0.3 is 4.74 Å². The minimum atomic E-state index is -0.271. The summed E-state index contributed by atoms with van der Waals surface area (Å²) in [6.45, 7) is 5.68. The van der Waals surface area contributed by atoms with Crippen molar-refractivity contribution in [2.45, 2.75) is 12.2 Å². The number of esters is 1. The van der Waals surface area contributed by atoms with E-state index in [1.165, 1.54) is 0 Å². The average molecular weight is 158 g/mol. The molecule has 1 saturated heterocycles. The van der Waals surface area contributed by atoms with E-state index in [0.29, 0.717) is 17.4 Å². The molecule has 0 amide bonds. The molecule has 1 fully saturated rings. The van der Waals surface area contributed by atoms with E-state index in [1.54, 1.807) is 6.92 Å². The zero-order valence-electron chi connectivity index (χ0n) is 5.92. The second-order valence-electron chi connectivity index (χ2n) is 2.33. The molecule has 0 aromatic heterocycles. The highest BCUT2D eigenvalue weighted by molar-refractivity contribution is 8.06. The molecule has 0 N–H and O–H groups in total. The number of ether oxygens (including phenoxy) is 1. The lowest BCUT2D eigenvalue weighted by molar-refractivity contribution is -0.138. The molecular formula is C7H10O2S. The standard InChI is InChI=1S/C7H10O2S/c1-5(2)7(8)9-3-6-4-10-6/h6H,1,3-4H2,2H3. The van der Waals surface area contributed by atoms with Gasteiger partial charge in [-0.2, -0.15) is 11.8 Å². The van der Waals surface area contributed by atoms with E-state index < -0.39 is 0 Å². The summed E-state index contributed by atoms with van der Waals surface area (Å²) in [6, 6.07) is 0. The van der Waals surface area contributed by atoms with Gasteiger partial charge in [-0.15, -0.1) is 0 Å². The lowest BCUT2D eigenvalue weighted by atomic mass is 10.4. The highest BCUT2D eigenvalue weighted by atomic mass is 32.2. The largest absolute Gasteiger partial charge is 0.461 e. The van der Waals surface area contributed by atoms with Gasteiger partial charge in [0.05, 0.1) is 0 Å². The second-order valence-corrected chi connectivity index (χ2v) is 3.67. The van der Waals surface area contributed by atoms with E-state index in [0.717, 1.165) is 5.75 Å². The van der Waals surface area contributed by atoms with Crippen molar-refractivity contribution in [2.24, 2.45) is 0 Å². The van der Waals surface area contributed by atoms with Crippen molar-refractivity contribution in [1.29, 1.82) is 0 Å². The summed E-state index contributed by atoms with van der Waals surface area (Å²) in [5, 5.41) is 0.559. The first-order chi connectivity index (χ1) is 4.70. The number of hydrogen-bond acceptors (Lipinski definition) is 3. The Hall–Kier alpha value is -0.440. The molecule has 0 aliphatic carbocycles. The van der Waals surface area contributed by atoms with Gasteiger partial charge in [0.1, 0.15) is 6.61 Å². The zero-order valence-corrected chi connectivity index (χ0v) is 6.74. The predicted molar refractivity (Wildman–Crippen MR) is 42.0 cm³/mol. The molecule has 0 saturated carbocycles. The summed E-state index contributed by atoms with van der Waals surface area (Å²) in [5.74, 6) is 0.858. The first kappa shape index (κ1) is 7.66. The van der Waals surface area contributed by atoms with E-state index in [-0.39, 0.29) is 5.97 Å². The van der Waals surface area contributed by atoms with Crippen molar-refractivity contribution in [3.8, 4) is 0 Å². The Bertz CT molecular complexity index is 161. The second kappa shape index (κ2) is 3.10. The van der Waals surface area contributed by atoms with Crippen molar-refractivity contribution in [2.75, 3.05) is 12.4 Å². The summed E-state index contributed by atoms with van der Waals surface area (Å²) in [6.07, 6.45) is 0. The Kier molecular flexibility index (Phi) is 2.38. The molecule has 1 aliphatic heterocycles. The van der Waals surface area contributed by atoms with Crippen LogP contribution in [-0.4, -0.2) is 23.6 Å². The Morgan fingerprint density at radius 3 is 2.90 bits per heavy atom. The molecule has 1 heterocycles. The Labute approximate surface area is 64.6 Å². The van der Waals surface area contributed by atoms with Crippen molar-refractivity contribution < 1.29 is 9.53 Å². The van der Waals surface area contributed by atoms with Gasteiger partial charge in [-0.1, -0.05) is 6.58 Å². The lowest BCUT2D eigenvalue weighted by Gasteiger charge is -2.00. The van der Waals surface area contributed by atoms with Crippen LogP contribution in [0.1, 0.15) is 6.92 Å². The number of rotatable bonds is 3. The summed E-state index contributed by atoms with van der Waals surface area (Å²) in [5.41, 5.74) is 0.477. The summed E-state index contributed by atoms with van der Waals surface area (Å²) in [7, 11) is 0. The highest BCUT2D eigenvalue weighted by Crippen LogP contribution is 2.29. The Morgan fingerprint density at radius 2 is 2.50 bits per heavy atom. The molecule has 1 unspecified atom stereocenters. The summed E-state index contributed by atoms with van der Waals surface area (Å²) in [4.78, 5) is 10.7. The molecule has 0 aromatic carbocycles. The van der Waals surface area contributed by atoms with Crippen molar-refractivity contribution in [3.05, 3.63) is 12.2 Å². The van der Waals surface area contributed by atoms with E-state index in [2.05, 4.69) is 6.58 Å². The molecule has 1 rings (SSSR count). The lowest BCUT2D eigenvalue weighted by Crippen LogP contribution is -2.09. The molecule has 0 spiro atoms. The van der Waals surface area contributed by atoms with Crippen LogP contribution in [0.4, 0.5) is 0 Å². The van der Waals surface area contributed by atoms with Gasteiger partial charge in [0.25, 0.3) is 0 Å². The molecule has 1 atom stereocenters. The quantitative estimate of drug-likeness (QED) is 0.351. The third-order valence-electron chi connectivity index (χ3n) is 1.15. The van der Waals surface area contributed by atoms with Crippen LogP contribution < -0.4 is 0 Å². The van der Waals surface area contributed by atoms with Crippen molar-refractivity contribution in [1.82, 2.24) is 0 Å². The summed E-state index contributed by atoms with van der Waals surface area (Å²) < 4.78 is 4.87. The first-order valence-electron chi connectivity index (χ1n) is 3.14. The molecule has 56 valence electrons. The van der Waals surface area contributed by atoms with E-state index in [9.17, 15) is 4.79 Å². The number of hydrogen-bond donors (Lipinski definition) is 0. The van der Waals surface area contributed by atoms with Crippen LogP contribution in [0.5, 0.6) is 0 Å². The maximum absolute atomic E-state index is 10.7. The molecule has 10 heavy (non-hydrogen) atoms. The molecule has 0 radical (unpaired) electrons. The predicted octanol–water partition coefficient (Wildman–Crippen LogP) is 1.22. The van der Waals surface area contributed by atoms with E-state index in [1.807, 2.05) is 11.8 Å². The van der Waals surface area contributed by atoms with Crippen LogP contribution in [-0.2, 0) is 9.53 Å². The normalized spacial score (nSPS) is 21.9. The Morgan fingerprint density at radius 1 is 1.90 bits per heavy atom. The van der Waals surface area contributed by atoms with Gasteiger partial charge in [0, 0.05) is 16.6 Å².